The molecule has 0 saturated carbocycles. The largest absolute Gasteiger partial charge is 0.406 e. The van der Waals surface area contributed by atoms with E-state index in [-0.39, 0.29) is 30.5 Å². The summed E-state index contributed by atoms with van der Waals surface area (Å²) in [5, 5.41) is 3.03. The van der Waals surface area contributed by atoms with E-state index in [2.05, 4.69) is 26.2 Å². The van der Waals surface area contributed by atoms with Gasteiger partial charge < -0.3 is 15.1 Å². The second-order valence-electron chi connectivity index (χ2n) is 5.52. The van der Waals surface area contributed by atoms with E-state index < -0.39 is 18.6 Å². The number of nitrogens with one attached hydrogen (secondary N) is 1. The molecule has 0 saturated heterocycles. The van der Waals surface area contributed by atoms with Crippen molar-refractivity contribution in [3.63, 3.8) is 0 Å². The van der Waals surface area contributed by atoms with Crippen LogP contribution in [-0.2, 0) is 11.3 Å². The average Bonchev–Trinajstić information content (AvgIpc) is 2.51. The Hall–Kier alpha value is -1.04. The molecular weight excluding hydrogens is 528 g/mol. The first kappa shape index (κ1) is 25.0. The Morgan fingerprint density at radius 2 is 1.77 bits per heavy atom. The summed E-state index contributed by atoms with van der Waals surface area (Å²) in [4.78, 5) is 18.4. The Bertz CT molecular complexity index is 596. The Morgan fingerprint density at radius 1 is 1.19 bits per heavy atom. The molecule has 1 aromatic carbocycles. The molecule has 0 atom stereocenters. The van der Waals surface area contributed by atoms with Gasteiger partial charge in [0.25, 0.3) is 0 Å². The monoisotopic (exact) mass is 550 g/mol. The van der Waals surface area contributed by atoms with E-state index in [0.717, 1.165) is 17.1 Å². The van der Waals surface area contributed by atoms with Gasteiger partial charge in [0, 0.05) is 31.7 Å². The van der Waals surface area contributed by atoms with Gasteiger partial charge in [0.05, 0.1) is 0 Å². The van der Waals surface area contributed by atoms with Crippen molar-refractivity contribution >= 4 is 51.8 Å². The van der Waals surface area contributed by atoms with E-state index in [1.807, 2.05) is 36.1 Å². The number of rotatable bonds is 6. The standard InChI is InChI=1S/C16H22BrF3N4O.HI/c1-4-21-15(22-9-14(25)24(3)11-16(18,19)20)23(2)10-12-5-7-13(17)8-6-12;/h5-8H,4,9-11H2,1-3H3,(H,21,22);1H. The highest BCUT2D eigenvalue weighted by atomic mass is 127. The van der Waals surface area contributed by atoms with Crippen molar-refractivity contribution in [1.82, 2.24) is 15.1 Å². The summed E-state index contributed by atoms with van der Waals surface area (Å²) >= 11 is 3.37. The second-order valence-corrected chi connectivity index (χ2v) is 6.43. The van der Waals surface area contributed by atoms with Crippen molar-refractivity contribution < 1.29 is 18.0 Å². The summed E-state index contributed by atoms with van der Waals surface area (Å²) in [5.41, 5.74) is 1.04. The van der Waals surface area contributed by atoms with Gasteiger partial charge >= 0.3 is 6.18 Å². The summed E-state index contributed by atoms with van der Waals surface area (Å²) in [6.07, 6.45) is -4.42. The summed E-state index contributed by atoms with van der Waals surface area (Å²) in [7, 11) is 2.91. The molecule has 1 amide bonds. The fourth-order valence-electron chi connectivity index (χ4n) is 2.03. The van der Waals surface area contributed by atoms with Crippen LogP contribution in [0.3, 0.4) is 0 Å². The lowest BCUT2D eigenvalue weighted by Crippen LogP contribution is -2.41. The van der Waals surface area contributed by atoms with Gasteiger partial charge in [-0.2, -0.15) is 13.2 Å². The lowest BCUT2D eigenvalue weighted by Gasteiger charge is -2.23. The second kappa shape index (κ2) is 11.6. The zero-order valence-electron chi connectivity index (χ0n) is 14.8. The number of halogens is 5. The van der Waals surface area contributed by atoms with E-state index >= 15 is 0 Å². The zero-order chi connectivity index (χ0) is 19.0. The van der Waals surface area contributed by atoms with Crippen molar-refractivity contribution in [3.8, 4) is 0 Å². The van der Waals surface area contributed by atoms with Crippen LogP contribution in [0.2, 0.25) is 0 Å². The maximum absolute atomic E-state index is 12.3. The van der Waals surface area contributed by atoms with Crippen molar-refractivity contribution in [1.29, 1.82) is 0 Å². The lowest BCUT2D eigenvalue weighted by molar-refractivity contribution is -0.157. The van der Waals surface area contributed by atoms with E-state index in [9.17, 15) is 18.0 Å². The number of benzene rings is 1. The van der Waals surface area contributed by atoms with Gasteiger partial charge in [0.15, 0.2) is 5.96 Å². The van der Waals surface area contributed by atoms with Gasteiger partial charge in [-0.1, -0.05) is 28.1 Å². The predicted octanol–water partition coefficient (Wildman–Crippen LogP) is 3.49. The van der Waals surface area contributed by atoms with Gasteiger partial charge in [0.2, 0.25) is 5.91 Å². The molecule has 0 aliphatic rings. The number of carbonyl (C=O) groups excluding carboxylic acids is 1. The number of nitrogens with zero attached hydrogens (tertiary/aromatic N) is 3. The highest BCUT2D eigenvalue weighted by Gasteiger charge is 2.31. The molecular formula is C16H23BrF3IN4O. The summed E-state index contributed by atoms with van der Waals surface area (Å²) < 4.78 is 38.0. The zero-order valence-corrected chi connectivity index (χ0v) is 18.7. The first-order chi connectivity index (χ1) is 11.6. The average molecular weight is 551 g/mol. The molecule has 0 aliphatic heterocycles. The van der Waals surface area contributed by atoms with Gasteiger partial charge in [-0.25, -0.2) is 4.99 Å². The number of amides is 1. The molecule has 0 radical (unpaired) electrons. The maximum atomic E-state index is 12.3. The highest BCUT2D eigenvalue weighted by molar-refractivity contribution is 14.0. The molecule has 5 nitrogen and oxygen atoms in total. The number of guanidine groups is 1. The molecule has 0 bridgehead atoms. The molecule has 0 unspecified atom stereocenters. The van der Waals surface area contributed by atoms with Crippen molar-refractivity contribution in [3.05, 3.63) is 34.3 Å². The number of likely N-dealkylation sites (N-methyl/N-ethyl adjacent to an activating group) is 1. The van der Waals surface area contributed by atoms with Gasteiger partial charge in [-0.05, 0) is 24.6 Å². The molecule has 0 heterocycles. The smallest absolute Gasteiger partial charge is 0.357 e. The number of alkyl halides is 3. The van der Waals surface area contributed by atoms with Crippen LogP contribution in [0.15, 0.2) is 33.7 Å². The van der Waals surface area contributed by atoms with E-state index in [1.165, 1.54) is 0 Å². The fraction of sp³-hybridized carbons (Fsp3) is 0.500. The Morgan fingerprint density at radius 3 is 2.27 bits per heavy atom. The summed E-state index contributed by atoms with van der Waals surface area (Å²) in [5.74, 6) is -0.232. The predicted molar refractivity (Wildman–Crippen MR) is 111 cm³/mol. The van der Waals surface area contributed by atoms with Gasteiger partial charge in [0.1, 0.15) is 13.1 Å². The number of hydrogen-bond acceptors (Lipinski definition) is 2. The Labute approximate surface area is 177 Å². The quantitative estimate of drug-likeness (QED) is 0.335. The normalized spacial score (nSPS) is 11.6. The van der Waals surface area contributed by atoms with Gasteiger partial charge in [-0.3, -0.25) is 4.79 Å². The summed E-state index contributed by atoms with van der Waals surface area (Å²) in [6.45, 7) is 1.37. The molecule has 148 valence electrons. The van der Waals surface area contributed by atoms with Crippen LogP contribution >= 0.6 is 39.9 Å². The van der Waals surface area contributed by atoms with Crippen LogP contribution in [0.1, 0.15) is 12.5 Å². The third-order valence-corrected chi connectivity index (χ3v) is 3.76. The third-order valence-electron chi connectivity index (χ3n) is 3.24. The van der Waals surface area contributed by atoms with E-state index in [0.29, 0.717) is 23.9 Å². The Kier molecular flexibility index (Phi) is 11.2. The first-order valence-electron chi connectivity index (χ1n) is 7.67. The van der Waals surface area contributed by atoms with E-state index in [1.54, 1.807) is 7.05 Å². The first-order valence-corrected chi connectivity index (χ1v) is 8.46. The molecule has 26 heavy (non-hydrogen) atoms. The summed E-state index contributed by atoms with van der Waals surface area (Å²) in [6, 6.07) is 7.74. The van der Waals surface area contributed by atoms with Gasteiger partial charge in [-0.15, -0.1) is 24.0 Å². The topological polar surface area (TPSA) is 47.9 Å². The molecule has 1 aromatic rings. The van der Waals surface area contributed by atoms with Crippen molar-refractivity contribution in [2.24, 2.45) is 4.99 Å². The van der Waals surface area contributed by atoms with Crippen LogP contribution in [0.25, 0.3) is 0 Å². The molecule has 1 N–H and O–H groups in total. The number of hydrogen-bond donors (Lipinski definition) is 1. The highest BCUT2D eigenvalue weighted by Crippen LogP contribution is 2.15. The molecule has 10 heteroatoms. The number of aliphatic imine (C=N–C) groups is 1. The van der Waals surface area contributed by atoms with Crippen LogP contribution in [-0.4, -0.2) is 61.6 Å². The van der Waals surface area contributed by atoms with Crippen LogP contribution in [0.4, 0.5) is 13.2 Å². The van der Waals surface area contributed by atoms with Crippen LogP contribution in [0, 0.1) is 0 Å². The minimum atomic E-state index is -4.42. The Balaban J connectivity index is 0.00000625. The van der Waals surface area contributed by atoms with Crippen LogP contribution in [0.5, 0.6) is 0 Å². The minimum Gasteiger partial charge on any atom is -0.357 e. The molecule has 0 spiro atoms. The lowest BCUT2D eigenvalue weighted by atomic mass is 10.2. The minimum absolute atomic E-state index is 0. The molecule has 0 fully saturated rings. The SMILES string of the molecule is CCNC(=NCC(=O)N(C)CC(F)(F)F)N(C)Cc1ccc(Br)cc1.I. The third kappa shape index (κ3) is 9.60. The number of carbonyl (C=O) groups is 1. The van der Waals surface area contributed by atoms with Crippen molar-refractivity contribution in [2.45, 2.75) is 19.6 Å². The molecule has 1 rings (SSSR count). The maximum Gasteiger partial charge on any atom is 0.406 e. The van der Waals surface area contributed by atoms with Crippen molar-refractivity contribution in [2.75, 3.05) is 33.7 Å². The molecule has 0 aromatic heterocycles. The van der Waals surface area contributed by atoms with E-state index in [4.69, 9.17) is 0 Å². The molecule has 0 aliphatic carbocycles. The van der Waals surface area contributed by atoms with Crippen LogP contribution < -0.4 is 5.32 Å². The fourth-order valence-corrected chi connectivity index (χ4v) is 2.29.